The van der Waals surface area contributed by atoms with Crippen LogP contribution in [0.4, 0.5) is 11.4 Å². The Morgan fingerprint density at radius 3 is 2.45 bits per heavy atom. The summed E-state index contributed by atoms with van der Waals surface area (Å²) in [4.78, 5) is 18.3. The van der Waals surface area contributed by atoms with Crippen molar-refractivity contribution in [2.75, 3.05) is 16.5 Å². The predicted octanol–water partition coefficient (Wildman–Crippen LogP) is 2.91. The lowest BCUT2D eigenvalue weighted by Gasteiger charge is -2.40. The number of carbonyl (C=O) groups excluding carboxylic acids is 1. The van der Waals surface area contributed by atoms with Crippen molar-refractivity contribution in [3.8, 4) is 11.8 Å². The van der Waals surface area contributed by atoms with Crippen molar-refractivity contribution >= 4 is 23.4 Å². The minimum atomic E-state index is -0.842. The van der Waals surface area contributed by atoms with E-state index < -0.39 is 6.17 Å². The van der Waals surface area contributed by atoms with E-state index in [1.54, 1.807) is 59.6 Å². The Morgan fingerprint density at radius 1 is 1.03 bits per heavy atom. The lowest BCUT2D eigenvalue weighted by Crippen LogP contribution is -2.54. The van der Waals surface area contributed by atoms with E-state index in [4.69, 9.17) is 0 Å². The molecule has 0 bridgehead atoms. The number of hydrogen-bond acceptors (Lipinski definition) is 7. The highest BCUT2D eigenvalue weighted by atomic mass is 16.3. The van der Waals surface area contributed by atoms with Crippen molar-refractivity contribution in [3.63, 3.8) is 0 Å². The number of aromatic nitrogens is 1. The number of nitriles is 1. The number of rotatable bonds is 4. The first-order chi connectivity index (χ1) is 14.2. The van der Waals surface area contributed by atoms with Crippen LogP contribution in [0.1, 0.15) is 11.3 Å². The summed E-state index contributed by atoms with van der Waals surface area (Å²) in [7, 11) is 0. The number of phenolic OH excluding ortho intramolecular Hbond substituents is 1. The van der Waals surface area contributed by atoms with Gasteiger partial charge in [0.25, 0.3) is 0 Å². The fourth-order valence-electron chi connectivity index (χ4n) is 3.30. The number of aldehydes is 1. The van der Waals surface area contributed by atoms with Crippen molar-refractivity contribution in [1.82, 2.24) is 4.98 Å². The summed E-state index contributed by atoms with van der Waals surface area (Å²) in [6.07, 6.45) is 1.58. The van der Waals surface area contributed by atoms with Crippen molar-refractivity contribution in [2.45, 2.75) is 6.17 Å². The fraction of sp³-hybridized carbons (Fsp3) is 0.0909. The molecule has 1 N–H and O–H groups in total. The molecule has 0 saturated heterocycles. The average Bonchev–Trinajstić information content (AvgIpc) is 2.79. The molecule has 7 nitrogen and oxygen atoms in total. The molecule has 0 fully saturated rings. The van der Waals surface area contributed by atoms with Crippen LogP contribution in [-0.4, -0.2) is 34.8 Å². The SMILES string of the molecule is N#Cc1ccccc1N1N=C(c2ccccn2)CN(c2ccccc2O)C1C=O. The van der Waals surface area contributed by atoms with Gasteiger partial charge in [-0.05, 0) is 36.4 Å². The average molecular weight is 383 g/mol. The Kier molecular flexibility index (Phi) is 4.91. The van der Waals surface area contributed by atoms with E-state index in [0.29, 0.717) is 28.3 Å². The van der Waals surface area contributed by atoms with Crippen molar-refractivity contribution < 1.29 is 9.90 Å². The van der Waals surface area contributed by atoms with Gasteiger partial charge in [0.05, 0.1) is 29.2 Å². The number of aromatic hydroxyl groups is 1. The molecule has 2 aromatic carbocycles. The molecule has 1 aliphatic rings. The highest BCUT2D eigenvalue weighted by Gasteiger charge is 2.34. The van der Waals surface area contributed by atoms with E-state index in [2.05, 4.69) is 16.2 Å². The molecule has 7 heteroatoms. The van der Waals surface area contributed by atoms with Crippen LogP contribution in [0, 0.1) is 11.3 Å². The first-order valence-corrected chi connectivity index (χ1v) is 9.00. The molecule has 1 atom stereocenters. The van der Waals surface area contributed by atoms with Gasteiger partial charge in [-0.15, -0.1) is 0 Å². The summed E-state index contributed by atoms with van der Waals surface area (Å²) in [6.45, 7) is 0.267. The number of phenols is 1. The Balaban J connectivity index is 1.90. The number of hydrazone groups is 1. The molecule has 1 aromatic heterocycles. The monoisotopic (exact) mass is 383 g/mol. The van der Waals surface area contributed by atoms with Crippen molar-refractivity contribution in [2.24, 2.45) is 5.10 Å². The van der Waals surface area contributed by atoms with Gasteiger partial charge in [0.15, 0.2) is 12.5 Å². The zero-order chi connectivity index (χ0) is 20.2. The third-order valence-corrected chi connectivity index (χ3v) is 4.66. The topological polar surface area (TPSA) is 92.8 Å². The molecule has 4 rings (SSSR count). The van der Waals surface area contributed by atoms with Crippen LogP contribution in [0.25, 0.3) is 0 Å². The van der Waals surface area contributed by atoms with Gasteiger partial charge >= 0.3 is 0 Å². The van der Waals surface area contributed by atoms with Crippen molar-refractivity contribution in [3.05, 3.63) is 84.2 Å². The Bertz CT molecular complexity index is 1110. The molecule has 3 aromatic rings. The summed E-state index contributed by atoms with van der Waals surface area (Å²) in [6, 6.07) is 21.4. The number of para-hydroxylation sites is 3. The first-order valence-electron chi connectivity index (χ1n) is 9.00. The molecule has 0 radical (unpaired) electrons. The maximum absolute atomic E-state index is 12.1. The molecular weight excluding hydrogens is 366 g/mol. The predicted molar refractivity (Wildman–Crippen MR) is 110 cm³/mol. The summed E-state index contributed by atoms with van der Waals surface area (Å²) in [5.74, 6) is 0.0511. The largest absolute Gasteiger partial charge is 0.506 e. The standard InChI is InChI=1S/C22H17N5O2/c23-13-16-7-1-2-9-19(16)27-22(15-28)26(20-10-3-4-11-21(20)29)14-18(25-27)17-8-5-6-12-24-17/h1-12,15,22,29H,14H2. The van der Waals surface area contributed by atoms with Crippen LogP contribution in [0.15, 0.2) is 78.0 Å². The van der Waals surface area contributed by atoms with Gasteiger partial charge in [0, 0.05) is 6.20 Å². The van der Waals surface area contributed by atoms with Crippen LogP contribution in [0.2, 0.25) is 0 Å². The molecular formula is C22H17N5O2. The summed E-state index contributed by atoms with van der Waals surface area (Å²) in [5.41, 5.74) is 2.65. The molecule has 29 heavy (non-hydrogen) atoms. The third kappa shape index (κ3) is 3.39. The van der Waals surface area contributed by atoms with Crippen LogP contribution in [0.5, 0.6) is 5.75 Å². The molecule has 0 spiro atoms. The number of nitrogens with zero attached hydrogens (tertiary/aromatic N) is 5. The maximum Gasteiger partial charge on any atom is 0.180 e. The van der Waals surface area contributed by atoms with Gasteiger partial charge in [0.1, 0.15) is 17.5 Å². The Hall–Kier alpha value is -4.18. The number of pyridine rings is 1. The van der Waals surface area contributed by atoms with E-state index in [9.17, 15) is 15.2 Å². The number of benzene rings is 2. The van der Waals surface area contributed by atoms with E-state index in [1.165, 1.54) is 5.01 Å². The van der Waals surface area contributed by atoms with Gasteiger partial charge in [-0.2, -0.15) is 10.4 Å². The molecule has 1 aliphatic heterocycles. The third-order valence-electron chi connectivity index (χ3n) is 4.66. The quantitative estimate of drug-likeness (QED) is 0.697. The minimum Gasteiger partial charge on any atom is -0.506 e. The Labute approximate surface area is 167 Å². The van der Waals surface area contributed by atoms with Gasteiger partial charge in [-0.25, -0.2) is 5.01 Å². The van der Waals surface area contributed by atoms with Gasteiger partial charge in [0.2, 0.25) is 0 Å². The Morgan fingerprint density at radius 2 is 1.76 bits per heavy atom. The molecule has 0 saturated carbocycles. The minimum absolute atomic E-state index is 0.0511. The highest BCUT2D eigenvalue weighted by Crippen LogP contribution is 2.33. The maximum atomic E-state index is 12.1. The zero-order valence-electron chi connectivity index (χ0n) is 15.4. The smallest absolute Gasteiger partial charge is 0.180 e. The van der Waals surface area contributed by atoms with E-state index >= 15 is 0 Å². The first kappa shape index (κ1) is 18.2. The summed E-state index contributed by atoms with van der Waals surface area (Å²) < 4.78 is 0. The van der Waals surface area contributed by atoms with Crippen LogP contribution < -0.4 is 9.91 Å². The number of hydrogen-bond donors (Lipinski definition) is 1. The lowest BCUT2D eigenvalue weighted by atomic mass is 10.1. The summed E-state index contributed by atoms with van der Waals surface area (Å²) in [5, 5.41) is 26.1. The van der Waals surface area contributed by atoms with Gasteiger partial charge in [-0.3, -0.25) is 9.78 Å². The molecule has 2 heterocycles. The summed E-state index contributed by atoms with van der Waals surface area (Å²) >= 11 is 0. The van der Waals surface area contributed by atoms with Crippen molar-refractivity contribution in [1.29, 1.82) is 5.26 Å². The van der Waals surface area contributed by atoms with Gasteiger partial charge in [-0.1, -0.05) is 30.3 Å². The molecule has 1 unspecified atom stereocenters. The second-order valence-corrected chi connectivity index (χ2v) is 6.40. The van der Waals surface area contributed by atoms with Crippen LogP contribution in [0.3, 0.4) is 0 Å². The van der Waals surface area contributed by atoms with Crippen LogP contribution >= 0.6 is 0 Å². The van der Waals surface area contributed by atoms with Gasteiger partial charge < -0.3 is 10.0 Å². The molecule has 0 amide bonds. The number of anilines is 2. The second kappa shape index (κ2) is 7.82. The lowest BCUT2D eigenvalue weighted by molar-refractivity contribution is -0.109. The normalized spacial score (nSPS) is 16.1. The molecule has 142 valence electrons. The molecule has 0 aliphatic carbocycles. The van der Waals surface area contributed by atoms with Crippen LogP contribution in [-0.2, 0) is 4.79 Å². The number of carbonyl (C=O) groups is 1. The second-order valence-electron chi connectivity index (χ2n) is 6.40. The van der Waals surface area contributed by atoms with E-state index in [0.717, 1.165) is 6.29 Å². The van der Waals surface area contributed by atoms with E-state index in [1.807, 2.05) is 18.2 Å². The van der Waals surface area contributed by atoms with E-state index in [-0.39, 0.29) is 12.3 Å². The fourth-order valence-corrected chi connectivity index (χ4v) is 3.30. The zero-order valence-corrected chi connectivity index (χ0v) is 15.4. The highest BCUT2D eigenvalue weighted by molar-refractivity contribution is 6.04.